The molecule has 0 fully saturated rings. The van der Waals surface area contributed by atoms with Crippen LogP contribution < -0.4 is 23.8 Å². The molecule has 5 rings (SSSR count). The van der Waals surface area contributed by atoms with Crippen molar-refractivity contribution < 1.29 is 32.5 Å². The molecule has 8 nitrogen and oxygen atoms in total. The first-order valence-corrected chi connectivity index (χ1v) is 14.0. The van der Waals surface area contributed by atoms with Crippen LogP contribution >= 0.6 is 0 Å². The Morgan fingerprint density at radius 3 is 1.51 bits per heavy atom. The minimum atomic E-state index is -3.55. The van der Waals surface area contributed by atoms with Gasteiger partial charge in [0.05, 0.1) is 56.3 Å². The summed E-state index contributed by atoms with van der Waals surface area (Å²) in [5.74, 6) is 1.85. The quantitative estimate of drug-likeness (QED) is 0.274. The maximum atomic E-state index is 12.5. The third-order valence-electron chi connectivity index (χ3n) is 6.96. The van der Waals surface area contributed by atoms with E-state index in [4.69, 9.17) is 18.9 Å². The minimum Gasteiger partial charge on any atom is -0.506 e. The van der Waals surface area contributed by atoms with Crippen LogP contribution in [0.25, 0.3) is 0 Å². The standard InChI is InChI=1S/C30H29NO7S/c1-35-23-11-6-9-19-27(23)30(29-25(37-3)13-8-14-26(29)38-4)28-20(10-7-12-24(28)36-2)31(19)21-17-18(39(5,33)34)15-16-22(21)32/h6-17,30,32H,1-5H3. The van der Waals surface area contributed by atoms with E-state index in [0.29, 0.717) is 40.1 Å². The first-order chi connectivity index (χ1) is 18.7. The average Bonchev–Trinajstić information content (AvgIpc) is 2.94. The van der Waals surface area contributed by atoms with E-state index >= 15 is 0 Å². The predicted molar refractivity (Wildman–Crippen MR) is 149 cm³/mol. The van der Waals surface area contributed by atoms with Gasteiger partial charge < -0.3 is 29.0 Å². The third-order valence-corrected chi connectivity index (χ3v) is 8.07. The molecule has 4 aromatic rings. The van der Waals surface area contributed by atoms with Crippen LogP contribution in [0.3, 0.4) is 0 Å². The van der Waals surface area contributed by atoms with Gasteiger partial charge in [0.15, 0.2) is 9.84 Å². The van der Waals surface area contributed by atoms with Gasteiger partial charge in [-0.2, -0.15) is 0 Å². The first-order valence-electron chi connectivity index (χ1n) is 12.1. The van der Waals surface area contributed by atoms with Gasteiger partial charge in [0, 0.05) is 22.9 Å². The number of hydrogen-bond donors (Lipinski definition) is 1. The second-order valence-electron chi connectivity index (χ2n) is 9.05. The molecule has 1 heterocycles. The van der Waals surface area contributed by atoms with Crippen molar-refractivity contribution in [2.24, 2.45) is 0 Å². The van der Waals surface area contributed by atoms with Crippen molar-refractivity contribution >= 4 is 26.9 Å². The molecule has 0 amide bonds. The molecule has 0 bridgehead atoms. The van der Waals surface area contributed by atoms with Gasteiger partial charge in [0.25, 0.3) is 0 Å². The Labute approximate surface area is 227 Å². The van der Waals surface area contributed by atoms with Gasteiger partial charge in [-0.25, -0.2) is 8.42 Å². The average molecular weight is 548 g/mol. The number of rotatable bonds is 7. The SMILES string of the molecule is COc1cccc(OC)c1C1c2c(OC)cccc2N(c2cc(S(C)(=O)=O)ccc2O)c2cccc(OC)c21. The van der Waals surface area contributed by atoms with Crippen molar-refractivity contribution in [3.05, 3.63) is 89.5 Å². The van der Waals surface area contributed by atoms with Crippen molar-refractivity contribution in [2.45, 2.75) is 10.8 Å². The van der Waals surface area contributed by atoms with Crippen molar-refractivity contribution in [2.75, 3.05) is 39.6 Å². The molecule has 0 atom stereocenters. The van der Waals surface area contributed by atoms with Crippen molar-refractivity contribution in [1.82, 2.24) is 0 Å². The van der Waals surface area contributed by atoms with Gasteiger partial charge in [0.1, 0.15) is 28.7 Å². The summed E-state index contributed by atoms with van der Waals surface area (Å²) in [4.78, 5) is 1.91. The van der Waals surface area contributed by atoms with Crippen molar-refractivity contribution in [3.63, 3.8) is 0 Å². The molecule has 39 heavy (non-hydrogen) atoms. The van der Waals surface area contributed by atoms with E-state index < -0.39 is 15.8 Å². The number of sulfone groups is 1. The number of ether oxygens (including phenoxy) is 4. The van der Waals surface area contributed by atoms with Gasteiger partial charge in [-0.1, -0.05) is 18.2 Å². The van der Waals surface area contributed by atoms with Gasteiger partial charge in [-0.05, 0) is 54.6 Å². The fourth-order valence-electron chi connectivity index (χ4n) is 5.29. The second-order valence-corrected chi connectivity index (χ2v) is 11.1. The van der Waals surface area contributed by atoms with Gasteiger partial charge >= 0.3 is 0 Å². The van der Waals surface area contributed by atoms with E-state index in [2.05, 4.69) is 0 Å². The summed E-state index contributed by atoms with van der Waals surface area (Å²) in [6.07, 6.45) is 1.14. The van der Waals surface area contributed by atoms with Crippen LogP contribution in [0.2, 0.25) is 0 Å². The molecule has 1 N–H and O–H groups in total. The van der Waals surface area contributed by atoms with E-state index in [9.17, 15) is 13.5 Å². The molecule has 0 spiro atoms. The van der Waals surface area contributed by atoms with E-state index in [0.717, 1.165) is 22.9 Å². The largest absolute Gasteiger partial charge is 0.506 e. The highest BCUT2D eigenvalue weighted by Gasteiger charge is 2.40. The molecule has 1 aliphatic heterocycles. The van der Waals surface area contributed by atoms with E-state index in [-0.39, 0.29) is 10.6 Å². The zero-order chi connectivity index (χ0) is 27.9. The first kappa shape index (κ1) is 26.2. The van der Waals surface area contributed by atoms with Crippen LogP contribution in [-0.4, -0.2) is 48.2 Å². The molecular formula is C30H29NO7S. The molecule has 0 radical (unpaired) electrons. The van der Waals surface area contributed by atoms with Crippen LogP contribution in [0.15, 0.2) is 77.7 Å². The summed E-state index contributed by atoms with van der Waals surface area (Å²) >= 11 is 0. The molecule has 202 valence electrons. The normalized spacial score (nSPS) is 12.9. The highest BCUT2D eigenvalue weighted by atomic mass is 32.2. The maximum Gasteiger partial charge on any atom is 0.175 e. The Bertz CT molecular complexity index is 1590. The molecule has 9 heteroatoms. The summed E-state index contributed by atoms with van der Waals surface area (Å²) < 4.78 is 48.4. The monoisotopic (exact) mass is 547 g/mol. The predicted octanol–water partition coefficient (Wildman–Crippen LogP) is 5.79. The Morgan fingerprint density at radius 1 is 0.641 bits per heavy atom. The lowest BCUT2D eigenvalue weighted by atomic mass is 9.78. The second kappa shape index (κ2) is 10.1. The summed E-state index contributed by atoms with van der Waals surface area (Å²) in [6, 6.07) is 21.1. The van der Waals surface area contributed by atoms with E-state index in [1.54, 1.807) is 28.4 Å². The fourth-order valence-corrected chi connectivity index (χ4v) is 5.93. The minimum absolute atomic E-state index is 0.0812. The number of fused-ring (bicyclic) bond motifs is 2. The number of methoxy groups -OCH3 is 4. The summed E-state index contributed by atoms with van der Waals surface area (Å²) in [6.45, 7) is 0. The molecule has 0 unspecified atom stereocenters. The van der Waals surface area contributed by atoms with Crippen molar-refractivity contribution in [3.8, 4) is 28.7 Å². The zero-order valence-electron chi connectivity index (χ0n) is 22.3. The van der Waals surface area contributed by atoms with Crippen LogP contribution in [0.4, 0.5) is 17.1 Å². The Balaban J connectivity index is 1.95. The fraction of sp³-hybridized carbons (Fsp3) is 0.200. The Hall–Kier alpha value is -4.37. The Kier molecular flexibility index (Phi) is 6.78. The molecule has 0 saturated heterocycles. The Morgan fingerprint density at radius 2 is 1.08 bits per heavy atom. The van der Waals surface area contributed by atoms with Crippen LogP contribution in [0.1, 0.15) is 22.6 Å². The number of nitrogens with zero attached hydrogens (tertiary/aromatic N) is 1. The van der Waals surface area contributed by atoms with Gasteiger partial charge in [-0.15, -0.1) is 0 Å². The van der Waals surface area contributed by atoms with Crippen LogP contribution in [-0.2, 0) is 9.84 Å². The third kappa shape index (κ3) is 4.28. The molecule has 4 aromatic carbocycles. The van der Waals surface area contributed by atoms with Gasteiger partial charge in [0.2, 0.25) is 0 Å². The topological polar surface area (TPSA) is 94.5 Å². The lowest BCUT2D eigenvalue weighted by Crippen LogP contribution is -2.24. The van der Waals surface area contributed by atoms with E-state index in [1.165, 1.54) is 18.2 Å². The summed E-state index contributed by atoms with van der Waals surface area (Å²) in [5.41, 5.74) is 3.98. The summed E-state index contributed by atoms with van der Waals surface area (Å²) in [5, 5.41) is 11.1. The van der Waals surface area contributed by atoms with Crippen LogP contribution in [0.5, 0.6) is 28.7 Å². The summed E-state index contributed by atoms with van der Waals surface area (Å²) in [7, 11) is 2.84. The zero-order valence-corrected chi connectivity index (χ0v) is 23.1. The van der Waals surface area contributed by atoms with Gasteiger partial charge in [-0.3, -0.25) is 0 Å². The lowest BCUT2D eigenvalue weighted by molar-refractivity contribution is 0.378. The van der Waals surface area contributed by atoms with Crippen LogP contribution in [0, 0.1) is 0 Å². The van der Waals surface area contributed by atoms with E-state index in [1.807, 2.05) is 59.5 Å². The number of benzene rings is 4. The number of anilines is 3. The van der Waals surface area contributed by atoms with Crippen molar-refractivity contribution in [1.29, 1.82) is 0 Å². The molecule has 0 saturated carbocycles. The number of phenols is 1. The highest BCUT2D eigenvalue weighted by molar-refractivity contribution is 7.90. The smallest absolute Gasteiger partial charge is 0.175 e. The lowest BCUT2D eigenvalue weighted by Gasteiger charge is -2.40. The molecule has 0 aliphatic carbocycles. The molecule has 0 aromatic heterocycles. The number of aromatic hydroxyl groups is 1. The number of phenolic OH excluding ortho intramolecular Hbond substituents is 1. The highest BCUT2D eigenvalue weighted by Crippen LogP contribution is 2.59. The number of hydrogen-bond acceptors (Lipinski definition) is 8. The molecule has 1 aliphatic rings. The maximum absolute atomic E-state index is 12.5. The molecular weight excluding hydrogens is 518 g/mol.